The van der Waals surface area contributed by atoms with Crippen LogP contribution in [-0.2, 0) is 11.3 Å². The summed E-state index contributed by atoms with van der Waals surface area (Å²) < 4.78 is 5.38. The fourth-order valence-corrected chi connectivity index (χ4v) is 2.16. The number of nitrogens with one attached hydrogen (secondary N) is 2. The number of aromatic amines is 1. The molecule has 0 aromatic carbocycles. The predicted octanol–water partition coefficient (Wildman–Crippen LogP) is 1.73. The van der Waals surface area contributed by atoms with Crippen LogP contribution in [0.2, 0.25) is 0 Å². The molecule has 1 aromatic heterocycles. The molecule has 1 amide bonds. The van der Waals surface area contributed by atoms with Crippen molar-refractivity contribution in [2.24, 2.45) is 0 Å². The second kappa shape index (κ2) is 8.31. The van der Waals surface area contributed by atoms with Crippen molar-refractivity contribution in [2.75, 3.05) is 19.6 Å². The molecule has 23 heavy (non-hydrogen) atoms. The third kappa shape index (κ3) is 7.00. The molecule has 0 saturated heterocycles. The van der Waals surface area contributed by atoms with Crippen molar-refractivity contribution in [3.8, 4) is 0 Å². The number of aryl methyl sites for hydroxylation is 2. The minimum Gasteiger partial charge on any atom is -0.444 e. The molecule has 3 N–H and O–H groups in total. The van der Waals surface area contributed by atoms with E-state index in [1.54, 1.807) is 6.92 Å². The summed E-state index contributed by atoms with van der Waals surface area (Å²) >= 11 is 0. The highest BCUT2D eigenvalue weighted by molar-refractivity contribution is 5.68. The van der Waals surface area contributed by atoms with Crippen LogP contribution in [0.15, 0.2) is 0 Å². The first-order valence-corrected chi connectivity index (χ1v) is 7.97. The van der Waals surface area contributed by atoms with E-state index < -0.39 is 17.8 Å². The lowest BCUT2D eigenvalue weighted by Crippen LogP contribution is -2.43. The van der Waals surface area contributed by atoms with Crippen LogP contribution in [0, 0.1) is 13.8 Å². The molecule has 0 aliphatic carbocycles. The van der Waals surface area contributed by atoms with Crippen LogP contribution in [0.3, 0.4) is 0 Å². The van der Waals surface area contributed by atoms with Crippen molar-refractivity contribution in [2.45, 2.75) is 59.8 Å². The van der Waals surface area contributed by atoms with Crippen molar-refractivity contribution in [1.82, 2.24) is 20.4 Å². The third-order valence-electron chi connectivity index (χ3n) is 3.28. The maximum absolute atomic E-state index is 12.2. The van der Waals surface area contributed by atoms with Crippen molar-refractivity contribution >= 4 is 6.09 Å². The number of carbonyl (C=O) groups excluding carboxylic acids is 1. The van der Waals surface area contributed by atoms with E-state index in [0.29, 0.717) is 19.6 Å². The fraction of sp³-hybridized carbons (Fsp3) is 0.750. The number of H-pyrrole nitrogens is 1. The maximum Gasteiger partial charge on any atom is 0.410 e. The Morgan fingerprint density at radius 1 is 1.43 bits per heavy atom. The van der Waals surface area contributed by atoms with Gasteiger partial charge in [-0.15, -0.1) is 0 Å². The highest BCUT2D eigenvalue weighted by atomic mass is 16.6. The number of aliphatic hydroxyl groups is 1. The summed E-state index contributed by atoms with van der Waals surface area (Å²) in [5.74, 6) is 0. The van der Waals surface area contributed by atoms with Gasteiger partial charge < -0.3 is 20.1 Å². The van der Waals surface area contributed by atoms with Crippen LogP contribution in [0.25, 0.3) is 0 Å². The molecule has 132 valence electrons. The van der Waals surface area contributed by atoms with Crippen molar-refractivity contribution in [1.29, 1.82) is 0 Å². The lowest BCUT2D eigenvalue weighted by Gasteiger charge is -2.28. The van der Waals surface area contributed by atoms with Crippen LogP contribution in [0.4, 0.5) is 4.79 Å². The molecule has 0 bridgehead atoms. The molecule has 0 spiro atoms. The van der Waals surface area contributed by atoms with Crippen LogP contribution in [0.5, 0.6) is 0 Å². The fourth-order valence-electron chi connectivity index (χ4n) is 2.16. The number of ether oxygens (including phenoxy) is 1. The van der Waals surface area contributed by atoms with Crippen LogP contribution in [0.1, 0.15) is 44.6 Å². The molecule has 1 atom stereocenters. The van der Waals surface area contributed by atoms with E-state index >= 15 is 0 Å². The lowest BCUT2D eigenvalue weighted by atomic mass is 10.2. The second-order valence-electron chi connectivity index (χ2n) is 6.86. The zero-order valence-corrected chi connectivity index (χ0v) is 15.1. The van der Waals surface area contributed by atoms with E-state index in [1.165, 1.54) is 4.90 Å². The van der Waals surface area contributed by atoms with Gasteiger partial charge >= 0.3 is 6.09 Å². The highest BCUT2D eigenvalue weighted by Crippen LogP contribution is 2.11. The summed E-state index contributed by atoms with van der Waals surface area (Å²) in [6.45, 7) is 13.1. The first-order valence-electron chi connectivity index (χ1n) is 7.97. The van der Waals surface area contributed by atoms with Gasteiger partial charge in [0.1, 0.15) is 5.60 Å². The Hall–Kier alpha value is -1.60. The van der Waals surface area contributed by atoms with Crippen LogP contribution in [-0.4, -0.2) is 57.6 Å². The number of nitrogens with zero attached hydrogens (tertiary/aromatic N) is 2. The zero-order valence-electron chi connectivity index (χ0n) is 15.1. The molecular formula is C16H30N4O3. The van der Waals surface area contributed by atoms with Gasteiger partial charge in [-0.05, 0) is 41.5 Å². The Kier molecular flexibility index (Phi) is 7.02. The summed E-state index contributed by atoms with van der Waals surface area (Å²) in [4.78, 5) is 13.7. The van der Waals surface area contributed by atoms with E-state index in [2.05, 4.69) is 15.5 Å². The van der Waals surface area contributed by atoms with E-state index in [1.807, 2.05) is 34.6 Å². The monoisotopic (exact) mass is 326 g/mol. The van der Waals surface area contributed by atoms with E-state index in [-0.39, 0.29) is 6.54 Å². The molecule has 1 aromatic rings. The number of hydrogen-bond acceptors (Lipinski definition) is 5. The third-order valence-corrected chi connectivity index (χ3v) is 3.28. The zero-order chi connectivity index (χ0) is 17.6. The number of amides is 1. The Morgan fingerprint density at radius 2 is 2.09 bits per heavy atom. The van der Waals surface area contributed by atoms with Gasteiger partial charge in [0.25, 0.3) is 0 Å². The van der Waals surface area contributed by atoms with Gasteiger partial charge in [0.05, 0.1) is 11.8 Å². The van der Waals surface area contributed by atoms with Gasteiger partial charge in [0.15, 0.2) is 0 Å². The Bertz CT molecular complexity index is 486. The topological polar surface area (TPSA) is 90.5 Å². The first-order chi connectivity index (χ1) is 10.6. The number of carbonyl (C=O) groups is 1. The average Bonchev–Trinajstić information content (AvgIpc) is 2.71. The second-order valence-corrected chi connectivity index (χ2v) is 6.86. The van der Waals surface area contributed by atoms with E-state index in [0.717, 1.165) is 17.0 Å². The van der Waals surface area contributed by atoms with Gasteiger partial charge in [0.2, 0.25) is 0 Å². The minimum absolute atomic E-state index is 0.250. The molecule has 1 rings (SSSR count). The maximum atomic E-state index is 12.2. The quantitative estimate of drug-likeness (QED) is 0.664. The summed E-state index contributed by atoms with van der Waals surface area (Å²) in [7, 11) is 0. The molecular weight excluding hydrogens is 296 g/mol. The molecule has 0 fully saturated rings. The minimum atomic E-state index is -0.596. The molecule has 0 aliphatic rings. The van der Waals surface area contributed by atoms with Gasteiger partial charge in [-0.1, -0.05) is 0 Å². The van der Waals surface area contributed by atoms with Gasteiger partial charge in [-0.2, -0.15) is 5.10 Å². The number of rotatable bonds is 7. The van der Waals surface area contributed by atoms with Crippen molar-refractivity contribution in [3.05, 3.63) is 17.0 Å². The lowest BCUT2D eigenvalue weighted by molar-refractivity contribution is 0.0164. The Morgan fingerprint density at radius 3 is 2.57 bits per heavy atom. The Labute approximate surface area is 138 Å². The Balaban J connectivity index is 2.49. The van der Waals surface area contributed by atoms with Gasteiger partial charge in [-0.25, -0.2) is 4.79 Å². The number of aliphatic hydroxyl groups excluding tert-OH is 1. The standard InChI is InChI=1S/C16H30N4O3/c1-11(21)10-20(15(22)23-16(4,5)6)8-7-17-9-14-12(2)18-19-13(14)3/h11,17,21H,7-10H2,1-6H3,(H,18,19). The molecule has 7 nitrogen and oxygen atoms in total. The van der Waals surface area contributed by atoms with E-state index in [9.17, 15) is 9.90 Å². The molecule has 0 saturated carbocycles. The van der Waals surface area contributed by atoms with E-state index in [4.69, 9.17) is 4.74 Å². The normalized spacial score (nSPS) is 13.0. The van der Waals surface area contributed by atoms with Crippen LogP contribution < -0.4 is 5.32 Å². The SMILES string of the molecule is Cc1n[nH]c(C)c1CNCCN(CC(C)O)C(=O)OC(C)(C)C. The molecule has 7 heteroatoms. The number of aromatic nitrogens is 2. The predicted molar refractivity (Wildman–Crippen MR) is 89.3 cm³/mol. The van der Waals surface area contributed by atoms with Crippen LogP contribution >= 0.6 is 0 Å². The molecule has 1 unspecified atom stereocenters. The number of hydrogen-bond donors (Lipinski definition) is 3. The largest absolute Gasteiger partial charge is 0.444 e. The highest BCUT2D eigenvalue weighted by Gasteiger charge is 2.22. The van der Waals surface area contributed by atoms with Gasteiger partial charge in [-0.3, -0.25) is 5.10 Å². The van der Waals surface area contributed by atoms with Crippen molar-refractivity contribution < 1.29 is 14.6 Å². The molecule has 1 heterocycles. The van der Waals surface area contributed by atoms with Crippen molar-refractivity contribution in [3.63, 3.8) is 0 Å². The van der Waals surface area contributed by atoms with Gasteiger partial charge in [0, 0.05) is 37.4 Å². The molecule has 0 aliphatic heterocycles. The smallest absolute Gasteiger partial charge is 0.410 e. The summed E-state index contributed by atoms with van der Waals surface area (Å²) in [5.41, 5.74) is 2.61. The summed E-state index contributed by atoms with van der Waals surface area (Å²) in [6.07, 6.45) is -1.00. The molecule has 0 radical (unpaired) electrons. The summed E-state index contributed by atoms with van der Waals surface area (Å²) in [5, 5.41) is 20.0. The average molecular weight is 326 g/mol. The summed E-state index contributed by atoms with van der Waals surface area (Å²) in [6, 6.07) is 0. The first kappa shape index (κ1) is 19.4.